The molecule has 0 unspecified atom stereocenters. The summed E-state index contributed by atoms with van der Waals surface area (Å²) in [5.74, 6) is 2.24. The Hall–Kier alpha value is 0.310. The molecule has 21 heavy (non-hydrogen) atoms. The van der Waals surface area contributed by atoms with Gasteiger partial charge in [0, 0.05) is 38.8 Å². The SMILES string of the molecule is CN=C(NCCCCSC)NC1CCN(C2CC2)CC1.I. The van der Waals surface area contributed by atoms with Crippen LogP contribution in [-0.2, 0) is 0 Å². The molecule has 0 amide bonds. The minimum Gasteiger partial charge on any atom is -0.356 e. The fraction of sp³-hybridized carbons (Fsp3) is 0.933. The summed E-state index contributed by atoms with van der Waals surface area (Å²) in [7, 11) is 1.87. The largest absolute Gasteiger partial charge is 0.356 e. The maximum atomic E-state index is 4.34. The molecule has 1 heterocycles. The van der Waals surface area contributed by atoms with E-state index >= 15 is 0 Å². The van der Waals surface area contributed by atoms with Crippen LogP contribution in [0.2, 0.25) is 0 Å². The Bertz CT molecular complexity index is 302. The number of nitrogens with zero attached hydrogens (tertiary/aromatic N) is 2. The highest BCUT2D eigenvalue weighted by Gasteiger charge is 2.31. The molecular weight excluding hydrogens is 395 g/mol. The lowest BCUT2D eigenvalue weighted by molar-refractivity contribution is 0.197. The van der Waals surface area contributed by atoms with Crippen LogP contribution in [0.1, 0.15) is 38.5 Å². The van der Waals surface area contributed by atoms with E-state index in [-0.39, 0.29) is 24.0 Å². The highest BCUT2D eigenvalue weighted by atomic mass is 127. The predicted molar refractivity (Wildman–Crippen MR) is 105 cm³/mol. The first kappa shape index (κ1) is 19.4. The number of halogens is 1. The van der Waals surface area contributed by atoms with Crippen LogP contribution in [0.15, 0.2) is 4.99 Å². The van der Waals surface area contributed by atoms with Crippen LogP contribution >= 0.6 is 35.7 Å². The van der Waals surface area contributed by atoms with Gasteiger partial charge in [0.25, 0.3) is 0 Å². The van der Waals surface area contributed by atoms with Gasteiger partial charge in [0.05, 0.1) is 0 Å². The second kappa shape index (κ2) is 10.9. The molecule has 2 N–H and O–H groups in total. The Balaban J connectivity index is 0.00000220. The van der Waals surface area contributed by atoms with Crippen LogP contribution in [0.3, 0.4) is 0 Å². The molecule has 2 fully saturated rings. The lowest BCUT2D eigenvalue weighted by Gasteiger charge is -2.33. The Morgan fingerprint density at radius 2 is 1.90 bits per heavy atom. The number of guanidine groups is 1. The summed E-state index contributed by atoms with van der Waals surface area (Å²) in [6.07, 6.45) is 10.0. The predicted octanol–water partition coefficient (Wildman–Crippen LogP) is 2.54. The van der Waals surface area contributed by atoms with Crippen molar-refractivity contribution in [2.24, 2.45) is 4.99 Å². The molecule has 0 radical (unpaired) electrons. The van der Waals surface area contributed by atoms with Gasteiger partial charge in [-0.2, -0.15) is 11.8 Å². The fourth-order valence-corrected chi connectivity index (χ4v) is 3.31. The monoisotopic (exact) mass is 426 g/mol. The second-order valence-electron chi connectivity index (χ2n) is 5.88. The van der Waals surface area contributed by atoms with E-state index in [2.05, 4.69) is 26.8 Å². The third kappa shape index (κ3) is 7.41. The van der Waals surface area contributed by atoms with Gasteiger partial charge in [-0.05, 0) is 50.5 Å². The Morgan fingerprint density at radius 3 is 2.48 bits per heavy atom. The summed E-state index contributed by atoms with van der Waals surface area (Å²) >= 11 is 1.92. The minimum atomic E-state index is 0. The number of piperidine rings is 1. The van der Waals surface area contributed by atoms with Crippen LogP contribution < -0.4 is 10.6 Å². The molecule has 0 spiro atoms. The molecule has 0 aromatic heterocycles. The minimum absolute atomic E-state index is 0. The first-order chi connectivity index (χ1) is 9.83. The van der Waals surface area contributed by atoms with Crippen molar-refractivity contribution in [1.29, 1.82) is 0 Å². The van der Waals surface area contributed by atoms with Crippen molar-refractivity contribution in [3.05, 3.63) is 0 Å². The molecule has 0 aromatic rings. The molecule has 0 bridgehead atoms. The zero-order chi connectivity index (χ0) is 14.2. The number of nitrogens with one attached hydrogen (secondary N) is 2. The third-order valence-electron chi connectivity index (χ3n) is 4.22. The first-order valence-corrected chi connectivity index (χ1v) is 9.43. The average molecular weight is 426 g/mol. The van der Waals surface area contributed by atoms with Crippen LogP contribution in [0.5, 0.6) is 0 Å². The molecule has 0 aromatic carbocycles. The Kier molecular flexibility index (Phi) is 10.1. The smallest absolute Gasteiger partial charge is 0.191 e. The zero-order valence-electron chi connectivity index (χ0n) is 13.4. The van der Waals surface area contributed by atoms with Gasteiger partial charge in [-0.1, -0.05) is 0 Å². The van der Waals surface area contributed by atoms with E-state index in [0.29, 0.717) is 6.04 Å². The molecule has 6 heteroatoms. The van der Waals surface area contributed by atoms with Crippen LogP contribution in [0.4, 0.5) is 0 Å². The lowest BCUT2D eigenvalue weighted by Crippen LogP contribution is -2.49. The van der Waals surface area contributed by atoms with Gasteiger partial charge in [0.1, 0.15) is 0 Å². The van der Waals surface area contributed by atoms with Crippen LogP contribution in [0, 0.1) is 0 Å². The first-order valence-electron chi connectivity index (χ1n) is 8.03. The van der Waals surface area contributed by atoms with Crippen LogP contribution in [0.25, 0.3) is 0 Å². The topological polar surface area (TPSA) is 39.7 Å². The fourth-order valence-electron chi connectivity index (χ4n) is 2.81. The highest BCUT2D eigenvalue weighted by molar-refractivity contribution is 14.0. The van der Waals surface area contributed by atoms with E-state index in [4.69, 9.17) is 0 Å². The number of rotatable bonds is 7. The molecule has 0 atom stereocenters. The second-order valence-corrected chi connectivity index (χ2v) is 6.87. The number of unbranched alkanes of at least 4 members (excludes halogenated alkanes) is 1. The van der Waals surface area contributed by atoms with Crippen molar-refractivity contribution in [2.75, 3.05) is 38.7 Å². The van der Waals surface area contributed by atoms with Gasteiger partial charge < -0.3 is 15.5 Å². The zero-order valence-corrected chi connectivity index (χ0v) is 16.6. The maximum Gasteiger partial charge on any atom is 0.191 e. The number of hydrogen-bond acceptors (Lipinski definition) is 3. The maximum absolute atomic E-state index is 4.34. The van der Waals surface area contributed by atoms with Gasteiger partial charge in [0.2, 0.25) is 0 Å². The Labute approximate surface area is 151 Å². The van der Waals surface area contributed by atoms with E-state index in [0.717, 1.165) is 18.5 Å². The molecule has 1 saturated heterocycles. The molecule has 1 aliphatic carbocycles. The summed E-state index contributed by atoms with van der Waals surface area (Å²) in [5.41, 5.74) is 0. The van der Waals surface area contributed by atoms with Crippen molar-refractivity contribution in [1.82, 2.24) is 15.5 Å². The Morgan fingerprint density at radius 1 is 1.19 bits per heavy atom. The molecule has 1 saturated carbocycles. The molecule has 2 rings (SSSR count). The van der Waals surface area contributed by atoms with Crippen molar-refractivity contribution >= 4 is 41.7 Å². The quantitative estimate of drug-likeness (QED) is 0.284. The number of aliphatic imine (C=N–C) groups is 1. The molecule has 2 aliphatic rings. The summed E-state index contributed by atoms with van der Waals surface area (Å²) < 4.78 is 0. The van der Waals surface area contributed by atoms with Gasteiger partial charge in [-0.25, -0.2) is 0 Å². The van der Waals surface area contributed by atoms with E-state index in [1.165, 1.54) is 57.4 Å². The van der Waals surface area contributed by atoms with Gasteiger partial charge >= 0.3 is 0 Å². The highest BCUT2D eigenvalue weighted by Crippen LogP contribution is 2.29. The number of thioether (sulfide) groups is 1. The molecular formula is C15H31IN4S. The van der Waals surface area contributed by atoms with E-state index in [1.54, 1.807) is 0 Å². The average Bonchev–Trinajstić information content (AvgIpc) is 3.31. The number of hydrogen-bond donors (Lipinski definition) is 2. The van der Waals surface area contributed by atoms with Crippen molar-refractivity contribution < 1.29 is 0 Å². The van der Waals surface area contributed by atoms with E-state index < -0.39 is 0 Å². The van der Waals surface area contributed by atoms with Crippen LogP contribution in [-0.4, -0.2) is 61.6 Å². The van der Waals surface area contributed by atoms with Gasteiger partial charge in [-0.15, -0.1) is 24.0 Å². The van der Waals surface area contributed by atoms with Crippen molar-refractivity contribution in [3.8, 4) is 0 Å². The van der Waals surface area contributed by atoms with E-state index in [1.807, 2.05) is 18.8 Å². The third-order valence-corrected chi connectivity index (χ3v) is 4.92. The summed E-state index contributed by atoms with van der Waals surface area (Å²) in [4.78, 5) is 7.01. The lowest BCUT2D eigenvalue weighted by atomic mass is 10.1. The molecule has 1 aliphatic heterocycles. The molecule has 124 valence electrons. The van der Waals surface area contributed by atoms with Crippen molar-refractivity contribution in [3.63, 3.8) is 0 Å². The van der Waals surface area contributed by atoms with E-state index in [9.17, 15) is 0 Å². The summed E-state index contributed by atoms with van der Waals surface area (Å²) in [6, 6.07) is 1.52. The number of likely N-dealkylation sites (tertiary alicyclic amines) is 1. The van der Waals surface area contributed by atoms with Crippen molar-refractivity contribution in [2.45, 2.75) is 50.6 Å². The standard InChI is InChI=1S/C15H30N4S.HI/c1-16-15(17-9-3-4-12-20-2)18-13-7-10-19(11-8-13)14-5-6-14;/h13-14H,3-12H2,1-2H3,(H2,16,17,18);1H. The molecule has 4 nitrogen and oxygen atoms in total. The van der Waals surface area contributed by atoms with Gasteiger partial charge in [-0.3, -0.25) is 4.99 Å². The normalized spacial score (nSPS) is 21.0. The summed E-state index contributed by atoms with van der Waals surface area (Å²) in [6.45, 7) is 3.54. The van der Waals surface area contributed by atoms with Gasteiger partial charge in [0.15, 0.2) is 5.96 Å². The summed E-state index contributed by atoms with van der Waals surface area (Å²) in [5, 5.41) is 7.02.